The van der Waals surface area contributed by atoms with E-state index in [-0.39, 0.29) is 0 Å². The van der Waals surface area contributed by atoms with Gasteiger partial charge in [0, 0.05) is 8.07 Å². The molecule has 1 unspecified atom stereocenters. The highest BCUT2D eigenvalue weighted by molar-refractivity contribution is 7.00. The van der Waals surface area contributed by atoms with E-state index in [1.807, 2.05) is 0 Å². The zero-order valence-corrected chi connectivity index (χ0v) is 15.2. The Hall–Kier alpha value is 0.459. The van der Waals surface area contributed by atoms with Crippen molar-refractivity contribution < 1.29 is 4.34 Å². The van der Waals surface area contributed by atoms with Gasteiger partial charge in [0.15, 0.2) is 8.32 Å². The van der Waals surface area contributed by atoms with Crippen molar-refractivity contribution in [1.29, 1.82) is 0 Å². The third kappa shape index (κ3) is 2.45. The van der Waals surface area contributed by atoms with E-state index in [9.17, 15) is 0 Å². The Morgan fingerprint density at radius 3 is 1.88 bits per heavy atom. The van der Waals surface area contributed by atoms with Crippen molar-refractivity contribution >= 4 is 23.3 Å². The third-order valence-corrected chi connectivity index (χ3v) is 14.8. The molecule has 0 N–H and O–H groups in total. The highest BCUT2D eigenvalue weighted by atomic mass is 28.4. The molecule has 1 rings (SSSR count). The van der Waals surface area contributed by atoms with E-state index < -0.39 is 16.4 Å². The summed E-state index contributed by atoms with van der Waals surface area (Å²) in [6, 6.07) is 0. The van der Waals surface area contributed by atoms with Crippen LogP contribution in [-0.4, -0.2) is 23.3 Å². The first-order valence-electron chi connectivity index (χ1n) is 7.33. The summed E-state index contributed by atoms with van der Waals surface area (Å²) in [5.41, 5.74) is 0. The van der Waals surface area contributed by atoms with Crippen LogP contribution in [0.4, 0.5) is 0 Å². The fraction of sp³-hybridized carbons (Fsp3) is 1.00. The second-order valence-electron chi connectivity index (χ2n) is 7.36. The monoisotopic (exact) mass is 270 g/mol. The maximum absolute atomic E-state index is 6.61. The maximum Gasteiger partial charge on any atom is 0.286 e. The lowest BCUT2D eigenvalue weighted by Crippen LogP contribution is -2.47. The highest BCUT2D eigenvalue weighted by Crippen LogP contribution is 2.63. The standard InChI is InChI=1S/C13H31BOSi2/c1-9-13(10-2)12(16(4,5)6)17(7,8)15-14(13)11-3/h12H,9-11H2,1-8H3. The lowest BCUT2D eigenvalue weighted by atomic mass is 9.43. The molecule has 4 heteroatoms. The van der Waals surface area contributed by atoms with Gasteiger partial charge < -0.3 is 4.34 Å². The average molecular weight is 270 g/mol. The third-order valence-electron chi connectivity index (χ3n) is 4.91. The minimum Gasteiger partial charge on any atom is -0.476 e. The summed E-state index contributed by atoms with van der Waals surface area (Å²) in [5, 5.41) is 1.39. The Balaban J connectivity index is 3.28. The molecule has 1 aliphatic heterocycles. The largest absolute Gasteiger partial charge is 0.476 e. The van der Waals surface area contributed by atoms with Gasteiger partial charge in [0.05, 0.1) is 0 Å². The van der Waals surface area contributed by atoms with Crippen molar-refractivity contribution in [3.05, 3.63) is 0 Å². The molecule has 1 fully saturated rings. The van der Waals surface area contributed by atoms with Crippen LogP contribution in [0.5, 0.6) is 0 Å². The summed E-state index contributed by atoms with van der Waals surface area (Å²) >= 11 is 0. The zero-order chi connectivity index (χ0) is 13.5. The predicted molar refractivity (Wildman–Crippen MR) is 85.2 cm³/mol. The molecule has 0 radical (unpaired) electrons. The molecule has 100 valence electrons. The summed E-state index contributed by atoms with van der Waals surface area (Å²) in [7, 11) is -2.66. The Bertz CT molecular complexity index is 269. The van der Waals surface area contributed by atoms with Crippen LogP contribution in [0.3, 0.4) is 0 Å². The van der Waals surface area contributed by atoms with Crippen LogP contribution < -0.4 is 0 Å². The van der Waals surface area contributed by atoms with Crippen LogP contribution in [0.1, 0.15) is 33.6 Å². The van der Waals surface area contributed by atoms with Crippen molar-refractivity contribution in [2.45, 2.75) is 83.1 Å². The van der Waals surface area contributed by atoms with Crippen molar-refractivity contribution in [1.82, 2.24) is 0 Å². The molecule has 0 amide bonds. The molecular weight excluding hydrogens is 239 g/mol. The van der Waals surface area contributed by atoms with Crippen molar-refractivity contribution in [3.8, 4) is 0 Å². The van der Waals surface area contributed by atoms with E-state index in [1.54, 1.807) is 0 Å². The second-order valence-corrected chi connectivity index (χ2v) is 17.3. The van der Waals surface area contributed by atoms with Gasteiger partial charge in [-0.25, -0.2) is 0 Å². The molecule has 1 nitrogen and oxygen atoms in total. The van der Waals surface area contributed by atoms with Gasteiger partial charge in [-0.1, -0.05) is 59.6 Å². The molecule has 0 aromatic rings. The predicted octanol–water partition coefficient (Wildman–Crippen LogP) is 5.04. The van der Waals surface area contributed by atoms with Gasteiger partial charge in [-0.3, -0.25) is 0 Å². The topological polar surface area (TPSA) is 9.23 Å². The first-order valence-corrected chi connectivity index (χ1v) is 13.9. The molecule has 0 aliphatic carbocycles. The van der Waals surface area contributed by atoms with Crippen LogP contribution in [0.15, 0.2) is 0 Å². The van der Waals surface area contributed by atoms with Crippen LogP contribution in [0.25, 0.3) is 0 Å². The molecule has 1 heterocycles. The quantitative estimate of drug-likeness (QED) is 0.650. The van der Waals surface area contributed by atoms with Gasteiger partial charge in [0.1, 0.15) is 0 Å². The van der Waals surface area contributed by atoms with Gasteiger partial charge in [-0.15, -0.1) is 0 Å². The summed E-state index contributed by atoms with van der Waals surface area (Å²) in [4.78, 5) is 0. The van der Waals surface area contributed by atoms with Gasteiger partial charge in [-0.2, -0.15) is 0 Å². The Morgan fingerprint density at radius 1 is 1.12 bits per heavy atom. The molecule has 0 spiro atoms. The smallest absolute Gasteiger partial charge is 0.286 e. The molecule has 1 atom stereocenters. The van der Waals surface area contributed by atoms with Crippen molar-refractivity contribution in [2.24, 2.45) is 0 Å². The van der Waals surface area contributed by atoms with Gasteiger partial charge in [-0.05, 0) is 23.6 Å². The normalized spacial score (nSPS) is 27.5. The number of rotatable bonds is 4. The maximum atomic E-state index is 6.61. The van der Waals surface area contributed by atoms with Crippen molar-refractivity contribution in [2.75, 3.05) is 0 Å². The molecule has 0 aromatic heterocycles. The number of hydrogen-bond acceptors (Lipinski definition) is 1. The summed E-state index contributed by atoms with van der Waals surface area (Å²) in [5.74, 6) is 0. The fourth-order valence-electron chi connectivity index (χ4n) is 4.94. The average Bonchev–Trinajstić information content (AvgIpc) is 2.44. The van der Waals surface area contributed by atoms with E-state index in [2.05, 4.69) is 53.5 Å². The van der Waals surface area contributed by atoms with E-state index in [4.69, 9.17) is 4.34 Å². The molecule has 1 saturated heterocycles. The van der Waals surface area contributed by atoms with Crippen LogP contribution >= 0.6 is 0 Å². The number of hydrogen-bond donors (Lipinski definition) is 0. The van der Waals surface area contributed by atoms with Gasteiger partial charge in [0.25, 0.3) is 6.92 Å². The first-order chi connectivity index (χ1) is 7.65. The van der Waals surface area contributed by atoms with Crippen LogP contribution in [0.2, 0.25) is 49.5 Å². The molecular formula is C13H31BOSi2. The first kappa shape index (κ1) is 15.5. The summed E-state index contributed by atoms with van der Waals surface area (Å²) < 4.78 is 6.61. The van der Waals surface area contributed by atoms with Crippen LogP contribution in [0, 0.1) is 0 Å². The SMILES string of the molecule is CCB1O[Si](C)(C)C([Si](C)(C)C)C1(CC)CC. The highest BCUT2D eigenvalue weighted by Gasteiger charge is 2.63. The molecule has 0 saturated carbocycles. The fourth-order valence-corrected chi connectivity index (χ4v) is 19.1. The molecule has 0 bridgehead atoms. The van der Waals surface area contributed by atoms with Crippen molar-refractivity contribution in [3.63, 3.8) is 0 Å². The lowest BCUT2D eigenvalue weighted by molar-refractivity contribution is 0.502. The summed E-state index contributed by atoms with van der Waals surface area (Å²) in [6.45, 7) is 20.2. The second kappa shape index (κ2) is 4.86. The molecule has 17 heavy (non-hydrogen) atoms. The summed E-state index contributed by atoms with van der Waals surface area (Å²) in [6.07, 6.45) is 3.79. The Labute approximate surface area is 111 Å². The Kier molecular flexibility index (Phi) is 4.43. The minimum atomic E-state index is -1.50. The van der Waals surface area contributed by atoms with Gasteiger partial charge >= 0.3 is 0 Å². The molecule has 0 aromatic carbocycles. The molecule has 1 aliphatic rings. The van der Waals surface area contributed by atoms with E-state index >= 15 is 0 Å². The van der Waals surface area contributed by atoms with Gasteiger partial charge in [0.2, 0.25) is 0 Å². The Morgan fingerprint density at radius 2 is 1.59 bits per heavy atom. The zero-order valence-electron chi connectivity index (χ0n) is 13.2. The van der Waals surface area contributed by atoms with E-state index in [0.29, 0.717) is 12.2 Å². The van der Waals surface area contributed by atoms with Crippen LogP contribution in [-0.2, 0) is 4.34 Å². The minimum absolute atomic E-state index is 0.481. The van der Waals surface area contributed by atoms with E-state index in [0.717, 1.165) is 5.16 Å². The lowest BCUT2D eigenvalue weighted by Gasteiger charge is -2.45. The van der Waals surface area contributed by atoms with E-state index in [1.165, 1.54) is 19.2 Å².